The van der Waals surface area contributed by atoms with E-state index in [0.29, 0.717) is 23.9 Å². The Morgan fingerprint density at radius 3 is 1.15 bits per heavy atom. The molecule has 4 N–H and O–H groups in total. The fraction of sp³-hybridized carbons (Fsp3) is 0.882. The van der Waals surface area contributed by atoms with E-state index in [-0.39, 0.29) is 22.4 Å². The third-order valence-corrected chi connectivity index (χ3v) is 3.94. The van der Waals surface area contributed by atoms with Crippen LogP contribution in [0.5, 0.6) is 0 Å². The normalized spacial score (nSPS) is 32.6. The SMILES string of the molecule is CCC.[Au].[CH2+][C@@H]1CCCC[C@H]1N.[CH2+][C@@H]1CCCC[C@H]1N. The maximum absolute atomic E-state index is 5.72. The molecule has 2 saturated carbocycles. The van der Waals surface area contributed by atoms with Crippen LogP contribution in [0.3, 0.4) is 0 Å². The van der Waals surface area contributed by atoms with E-state index >= 15 is 0 Å². The summed E-state index contributed by atoms with van der Waals surface area (Å²) in [4.78, 5) is 0. The minimum Gasteiger partial charge on any atom is -0.324 e. The summed E-state index contributed by atoms with van der Waals surface area (Å²) in [7, 11) is 0. The van der Waals surface area contributed by atoms with E-state index < -0.39 is 0 Å². The minimum atomic E-state index is 0. The van der Waals surface area contributed by atoms with Crippen LogP contribution < -0.4 is 11.5 Å². The van der Waals surface area contributed by atoms with E-state index in [2.05, 4.69) is 27.7 Å². The van der Waals surface area contributed by atoms with Crippen molar-refractivity contribution in [1.82, 2.24) is 0 Å². The van der Waals surface area contributed by atoms with Crippen molar-refractivity contribution >= 4 is 0 Å². The molecule has 2 fully saturated rings. The molecule has 4 atom stereocenters. The van der Waals surface area contributed by atoms with E-state index in [0.717, 1.165) is 0 Å². The molecular weight excluding hydrogens is 429 g/mol. The average Bonchev–Trinajstić information content (AvgIpc) is 2.38. The van der Waals surface area contributed by atoms with Crippen molar-refractivity contribution in [3.8, 4) is 0 Å². The van der Waals surface area contributed by atoms with Gasteiger partial charge in [0.05, 0.1) is 13.8 Å². The van der Waals surface area contributed by atoms with Crippen LogP contribution in [0.15, 0.2) is 0 Å². The number of nitrogens with two attached hydrogens (primary N) is 2. The average molecular weight is 465 g/mol. The zero-order valence-corrected chi connectivity index (χ0v) is 15.7. The fourth-order valence-corrected chi connectivity index (χ4v) is 2.47. The molecule has 3 heteroatoms. The van der Waals surface area contributed by atoms with E-state index in [1.807, 2.05) is 0 Å². The Bertz CT molecular complexity index is 159. The van der Waals surface area contributed by atoms with Crippen LogP contribution >= 0.6 is 0 Å². The van der Waals surface area contributed by atoms with E-state index in [1.54, 1.807) is 0 Å². The van der Waals surface area contributed by atoms with Crippen LogP contribution in [0.4, 0.5) is 0 Å². The topological polar surface area (TPSA) is 52.0 Å². The third-order valence-electron chi connectivity index (χ3n) is 3.94. The van der Waals surface area contributed by atoms with Crippen molar-refractivity contribution in [3.05, 3.63) is 13.8 Å². The fourth-order valence-electron chi connectivity index (χ4n) is 2.47. The first kappa shape index (κ1) is 22.7. The Morgan fingerprint density at radius 2 is 1.00 bits per heavy atom. The maximum Gasteiger partial charge on any atom is 0.110 e. The third kappa shape index (κ3) is 11.1. The molecule has 0 bridgehead atoms. The molecule has 123 valence electrons. The molecular formula is C17H36AuN2+2. The van der Waals surface area contributed by atoms with Crippen molar-refractivity contribution in [2.75, 3.05) is 0 Å². The monoisotopic (exact) mass is 465 g/mol. The summed E-state index contributed by atoms with van der Waals surface area (Å²) in [5.74, 6) is 1.06. The molecule has 0 aliphatic heterocycles. The van der Waals surface area contributed by atoms with Gasteiger partial charge >= 0.3 is 0 Å². The van der Waals surface area contributed by atoms with Gasteiger partial charge in [0.2, 0.25) is 0 Å². The molecule has 2 aliphatic rings. The summed E-state index contributed by atoms with van der Waals surface area (Å²) >= 11 is 0. The molecule has 2 rings (SSSR count). The Balaban J connectivity index is 0. The summed E-state index contributed by atoms with van der Waals surface area (Å²) in [6.07, 6.45) is 11.4. The zero-order chi connectivity index (χ0) is 14.7. The molecule has 0 saturated heterocycles. The Hall–Kier alpha value is 0.400. The van der Waals surface area contributed by atoms with E-state index in [4.69, 9.17) is 11.5 Å². The van der Waals surface area contributed by atoms with Gasteiger partial charge < -0.3 is 11.5 Å². The van der Waals surface area contributed by atoms with Crippen LogP contribution in [-0.2, 0) is 22.4 Å². The summed E-state index contributed by atoms with van der Waals surface area (Å²) < 4.78 is 0. The molecule has 2 nitrogen and oxygen atoms in total. The first-order valence-corrected chi connectivity index (χ1v) is 8.20. The molecule has 0 aromatic carbocycles. The molecule has 0 spiro atoms. The molecule has 1 radical (unpaired) electrons. The molecule has 0 amide bonds. The van der Waals surface area contributed by atoms with Gasteiger partial charge in [-0.1, -0.05) is 33.1 Å². The standard InChI is InChI=1S/2C7H14N.C3H8.Au/c2*1-6-4-2-3-5-7(6)8;1-3-2;/h2*6-7H,1-5,8H2;3H2,1-2H3;/q2*+1;;/t2*6-,7-;;/m11../s1. The van der Waals surface area contributed by atoms with E-state index in [1.165, 1.54) is 57.8 Å². The van der Waals surface area contributed by atoms with Crippen molar-refractivity contribution in [2.24, 2.45) is 23.3 Å². The Labute approximate surface area is 143 Å². The maximum atomic E-state index is 5.72. The Morgan fingerprint density at radius 1 is 0.750 bits per heavy atom. The minimum absolute atomic E-state index is 0. The van der Waals surface area contributed by atoms with Gasteiger partial charge in [0.25, 0.3) is 0 Å². The van der Waals surface area contributed by atoms with Crippen LogP contribution in [0.25, 0.3) is 0 Å². The molecule has 20 heavy (non-hydrogen) atoms. The second-order valence-electron chi connectivity index (χ2n) is 6.12. The second-order valence-corrected chi connectivity index (χ2v) is 6.12. The molecule has 0 heterocycles. The van der Waals surface area contributed by atoms with Crippen LogP contribution in [0.1, 0.15) is 71.6 Å². The smallest absolute Gasteiger partial charge is 0.110 e. The predicted molar refractivity (Wildman–Crippen MR) is 86.5 cm³/mol. The van der Waals surface area contributed by atoms with E-state index in [9.17, 15) is 0 Å². The largest absolute Gasteiger partial charge is 0.324 e. The van der Waals surface area contributed by atoms with Crippen LogP contribution in [0.2, 0.25) is 0 Å². The second kappa shape index (κ2) is 14.3. The van der Waals surface area contributed by atoms with Gasteiger partial charge in [0.15, 0.2) is 0 Å². The van der Waals surface area contributed by atoms with Gasteiger partial charge in [-0.05, 0) is 38.5 Å². The van der Waals surface area contributed by atoms with Crippen molar-refractivity contribution in [3.63, 3.8) is 0 Å². The Kier molecular flexibility index (Phi) is 16.3. The predicted octanol–water partition coefficient (Wildman–Crippen LogP) is 4.09. The van der Waals surface area contributed by atoms with Crippen LogP contribution in [-0.4, -0.2) is 12.1 Å². The molecule has 0 unspecified atom stereocenters. The van der Waals surface area contributed by atoms with Gasteiger partial charge in [-0.2, -0.15) is 0 Å². The number of hydrogen-bond acceptors (Lipinski definition) is 2. The quantitative estimate of drug-likeness (QED) is 0.418. The van der Waals surface area contributed by atoms with Gasteiger partial charge in [-0.15, -0.1) is 0 Å². The van der Waals surface area contributed by atoms with Gasteiger partial charge in [-0.3, -0.25) is 0 Å². The molecule has 2 aliphatic carbocycles. The summed E-state index contributed by atoms with van der Waals surface area (Å²) in [5.41, 5.74) is 11.4. The van der Waals surface area contributed by atoms with Gasteiger partial charge in [0.1, 0.15) is 11.8 Å². The summed E-state index contributed by atoms with van der Waals surface area (Å²) in [6, 6.07) is 0.785. The van der Waals surface area contributed by atoms with Crippen molar-refractivity contribution < 1.29 is 22.4 Å². The first-order chi connectivity index (χ1) is 9.02. The van der Waals surface area contributed by atoms with Crippen molar-refractivity contribution in [1.29, 1.82) is 0 Å². The summed E-state index contributed by atoms with van der Waals surface area (Å²) in [6.45, 7) is 12.2. The zero-order valence-electron chi connectivity index (χ0n) is 13.5. The van der Waals surface area contributed by atoms with Crippen LogP contribution in [0, 0.1) is 25.7 Å². The number of rotatable bonds is 0. The number of hydrogen-bond donors (Lipinski definition) is 2. The molecule has 0 aromatic rings. The van der Waals surface area contributed by atoms with Gasteiger partial charge in [-0.25, -0.2) is 0 Å². The summed E-state index contributed by atoms with van der Waals surface area (Å²) in [5, 5.41) is 0. The first-order valence-electron chi connectivity index (χ1n) is 8.20. The van der Waals surface area contributed by atoms with Crippen molar-refractivity contribution in [2.45, 2.75) is 83.7 Å². The molecule has 0 aromatic heterocycles. The van der Waals surface area contributed by atoms with Gasteiger partial charge in [0, 0.05) is 34.5 Å².